The Kier molecular flexibility index (Phi) is 7.21. The lowest BCUT2D eigenvalue weighted by Gasteiger charge is -2.25. The van der Waals surface area contributed by atoms with Crippen molar-refractivity contribution in [3.05, 3.63) is 0 Å². The van der Waals surface area contributed by atoms with E-state index in [1.54, 1.807) is 0 Å². The molecule has 0 aromatic rings. The highest BCUT2D eigenvalue weighted by molar-refractivity contribution is 5.85. The highest BCUT2D eigenvalue weighted by atomic mass is 35.5. The van der Waals surface area contributed by atoms with E-state index >= 15 is 0 Å². The number of aliphatic hydroxyl groups is 1. The molecule has 0 aliphatic carbocycles. The summed E-state index contributed by atoms with van der Waals surface area (Å²) in [5.41, 5.74) is -0.207. The van der Waals surface area contributed by atoms with Gasteiger partial charge in [0.2, 0.25) is 0 Å². The highest BCUT2D eigenvalue weighted by Crippen LogP contribution is 2.01. The maximum Gasteiger partial charge on any atom is 0.325 e. The van der Waals surface area contributed by atoms with E-state index in [1.165, 1.54) is 7.11 Å². The van der Waals surface area contributed by atoms with Crippen LogP contribution in [-0.4, -0.2) is 36.4 Å². The quantitative estimate of drug-likeness (QED) is 0.661. The van der Waals surface area contributed by atoms with Gasteiger partial charge in [-0.15, -0.1) is 12.4 Å². The smallest absolute Gasteiger partial charge is 0.325 e. The predicted octanol–water partition coefficient (Wildman–Crippen LogP) is 0.330. The number of esters is 1. The van der Waals surface area contributed by atoms with Gasteiger partial charge in [0.05, 0.1) is 13.7 Å². The van der Waals surface area contributed by atoms with Crippen molar-refractivity contribution in [1.29, 1.82) is 0 Å². The number of nitrogens with one attached hydrogen (secondary N) is 1. The summed E-state index contributed by atoms with van der Waals surface area (Å²) in [5.74, 6) is -0.438. The molecule has 0 saturated heterocycles. The minimum absolute atomic E-state index is 0. The van der Waals surface area contributed by atoms with E-state index in [4.69, 9.17) is 5.11 Å². The van der Waals surface area contributed by atoms with Crippen molar-refractivity contribution >= 4 is 18.4 Å². The van der Waals surface area contributed by atoms with Crippen LogP contribution in [0.5, 0.6) is 0 Å². The number of aliphatic hydroxyl groups excluding tert-OH is 1. The van der Waals surface area contributed by atoms with Gasteiger partial charge in [-0.05, 0) is 20.8 Å². The fourth-order valence-corrected chi connectivity index (χ4v) is 0.844. The molecule has 0 spiro atoms. The van der Waals surface area contributed by atoms with E-state index in [0.29, 0.717) is 0 Å². The van der Waals surface area contributed by atoms with Crippen molar-refractivity contribution in [3.63, 3.8) is 0 Å². The molecule has 0 saturated carbocycles. The van der Waals surface area contributed by atoms with Crippen molar-refractivity contribution in [1.82, 2.24) is 5.32 Å². The average molecular weight is 212 g/mol. The Morgan fingerprint density at radius 1 is 1.54 bits per heavy atom. The first-order chi connectivity index (χ1) is 5.40. The van der Waals surface area contributed by atoms with E-state index in [-0.39, 0.29) is 24.6 Å². The molecule has 0 rings (SSSR count). The van der Waals surface area contributed by atoms with Crippen LogP contribution < -0.4 is 5.32 Å². The molecule has 0 fully saturated rings. The van der Waals surface area contributed by atoms with E-state index in [2.05, 4.69) is 10.1 Å². The summed E-state index contributed by atoms with van der Waals surface area (Å²) in [6.07, 6.45) is 0. The van der Waals surface area contributed by atoms with Crippen LogP contribution in [0.15, 0.2) is 0 Å². The Morgan fingerprint density at radius 2 is 2.00 bits per heavy atom. The number of rotatable bonds is 3. The minimum Gasteiger partial charge on any atom is -0.468 e. The summed E-state index contributed by atoms with van der Waals surface area (Å²) < 4.78 is 4.49. The van der Waals surface area contributed by atoms with Crippen LogP contribution in [0.25, 0.3) is 0 Å². The monoisotopic (exact) mass is 211 g/mol. The van der Waals surface area contributed by atoms with Crippen LogP contribution in [0.1, 0.15) is 20.8 Å². The summed E-state index contributed by atoms with van der Waals surface area (Å²) in [6.45, 7) is 5.50. The molecule has 0 aromatic heterocycles. The molecule has 0 heterocycles. The van der Waals surface area contributed by atoms with Crippen LogP contribution in [-0.2, 0) is 9.53 Å². The Labute approximate surface area is 85.1 Å². The van der Waals surface area contributed by atoms with Crippen molar-refractivity contribution in [2.75, 3.05) is 13.7 Å². The molecule has 0 aliphatic rings. The van der Waals surface area contributed by atoms with Crippen LogP contribution >= 0.6 is 12.4 Å². The SMILES string of the molecule is COC(=O)[C@H](CO)NC(C)(C)C.Cl. The summed E-state index contributed by atoms with van der Waals surface area (Å²) in [6, 6.07) is -0.630. The molecule has 0 unspecified atom stereocenters. The van der Waals surface area contributed by atoms with Crippen LogP contribution in [0.3, 0.4) is 0 Å². The summed E-state index contributed by atoms with van der Waals surface area (Å²) in [7, 11) is 1.30. The Bertz CT molecular complexity index is 156. The number of halogens is 1. The second-order valence-electron chi connectivity index (χ2n) is 3.65. The summed E-state index contributed by atoms with van der Waals surface area (Å²) >= 11 is 0. The topological polar surface area (TPSA) is 58.6 Å². The average Bonchev–Trinajstić information content (AvgIpc) is 1.97. The van der Waals surface area contributed by atoms with Gasteiger partial charge in [0, 0.05) is 5.54 Å². The molecule has 2 N–H and O–H groups in total. The van der Waals surface area contributed by atoms with Crippen LogP contribution in [0.4, 0.5) is 0 Å². The number of carbonyl (C=O) groups is 1. The predicted molar refractivity (Wildman–Crippen MR) is 53.0 cm³/mol. The molecule has 0 amide bonds. The zero-order valence-corrected chi connectivity index (χ0v) is 9.27. The molecule has 13 heavy (non-hydrogen) atoms. The first-order valence-electron chi connectivity index (χ1n) is 3.87. The highest BCUT2D eigenvalue weighted by Gasteiger charge is 2.23. The number of carbonyl (C=O) groups excluding carboxylic acids is 1. The lowest BCUT2D eigenvalue weighted by atomic mass is 10.1. The van der Waals surface area contributed by atoms with Gasteiger partial charge in [-0.3, -0.25) is 10.1 Å². The van der Waals surface area contributed by atoms with Gasteiger partial charge in [0.25, 0.3) is 0 Å². The molecule has 4 nitrogen and oxygen atoms in total. The third-order valence-electron chi connectivity index (χ3n) is 1.28. The van der Waals surface area contributed by atoms with E-state index < -0.39 is 12.0 Å². The molecular weight excluding hydrogens is 194 g/mol. The number of ether oxygens (including phenoxy) is 1. The van der Waals surface area contributed by atoms with Gasteiger partial charge in [0.15, 0.2) is 0 Å². The third kappa shape index (κ3) is 6.81. The molecular formula is C8H18ClNO3. The largest absolute Gasteiger partial charge is 0.468 e. The Morgan fingerprint density at radius 3 is 2.23 bits per heavy atom. The number of hydrogen-bond acceptors (Lipinski definition) is 4. The first kappa shape index (κ1) is 15.2. The van der Waals surface area contributed by atoms with Crippen molar-refractivity contribution in [2.24, 2.45) is 0 Å². The molecule has 0 aliphatic heterocycles. The molecule has 5 heteroatoms. The Balaban J connectivity index is 0. The second-order valence-corrected chi connectivity index (χ2v) is 3.65. The van der Waals surface area contributed by atoms with E-state index in [1.807, 2.05) is 20.8 Å². The van der Waals surface area contributed by atoms with Gasteiger partial charge < -0.3 is 9.84 Å². The van der Waals surface area contributed by atoms with Crippen LogP contribution in [0.2, 0.25) is 0 Å². The van der Waals surface area contributed by atoms with Crippen molar-refractivity contribution in [3.8, 4) is 0 Å². The van der Waals surface area contributed by atoms with Gasteiger partial charge in [0.1, 0.15) is 6.04 Å². The lowest BCUT2D eigenvalue weighted by Crippen LogP contribution is -2.50. The van der Waals surface area contributed by atoms with Gasteiger partial charge in [-0.2, -0.15) is 0 Å². The van der Waals surface area contributed by atoms with E-state index in [0.717, 1.165) is 0 Å². The van der Waals surface area contributed by atoms with Gasteiger partial charge in [-0.25, -0.2) is 0 Å². The maximum absolute atomic E-state index is 11.0. The normalized spacial score (nSPS) is 13.0. The fraction of sp³-hybridized carbons (Fsp3) is 0.875. The zero-order valence-electron chi connectivity index (χ0n) is 8.46. The van der Waals surface area contributed by atoms with Crippen molar-refractivity contribution < 1.29 is 14.6 Å². The third-order valence-corrected chi connectivity index (χ3v) is 1.28. The summed E-state index contributed by atoms with van der Waals surface area (Å²) in [4.78, 5) is 11.0. The number of hydrogen-bond donors (Lipinski definition) is 2. The zero-order chi connectivity index (χ0) is 9.78. The van der Waals surface area contributed by atoms with Gasteiger partial charge in [-0.1, -0.05) is 0 Å². The number of methoxy groups -OCH3 is 1. The van der Waals surface area contributed by atoms with E-state index in [9.17, 15) is 4.79 Å². The standard InChI is InChI=1S/C8H17NO3.ClH/c1-8(2,3)9-6(5-10)7(11)12-4;/h6,9-10H,5H2,1-4H3;1H/t6-;/m0./s1. The fourth-order valence-electron chi connectivity index (χ4n) is 0.844. The van der Waals surface area contributed by atoms with Crippen molar-refractivity contribution in [2.45, 2.75) is 32.4 Å². The second kappa shape index (κ2) is 6.18. The molecule has 0 bridgehead atoms. The van der Waals surface area contributed by atoms with Gasteiger partial charge >= 0.3 is 5.97 Å². The molecule has 0 aromatic carbocycles. The molecule has 0 radical (unpaired) electrons. The summed E-state index contributed by atoms with van der Waals surface area (Å²) in [5, 5.41) is 11.8. The molecule has 1 atom stereocenters. The lowest BCUT2D eigenvalue weighted by molar-refractivity contribution is -0.144. The molecule has 80 valence electrons. The maximum atomic E-state index is 11.0. The Hall–Kier alpha value is -0.320. The minimum atomic E-state index is -0.630. The van der Waals surface area contributed by atoms with Crippen LogP contribution in [0, 0.1) is 0 Å². The first-order valence-corrected chi connectivity index (χ1v) is 3.87.